The van der Waals surface area contributed by atoms with E-state index in [0.717, 1.165) is 6.42 Å². The Hall–Kier alpha value is -2.22. The van der Waals surface area contributed by atoms with Crippen LogP contribution in [0, 0.1) is 10.1 Å². The maximum absolute atomic E-state index is 10.8. The van der Waals surface area contributed by atoms with Crippen LogP contribution in [0.15, 0.2) is 16.8 Å². The Labute approximate surface area is 102 Å². The minimum atomic E-state index is -0.526. The van der Waals surface area contributed by atoms with Crippen molar-refractivity contribution in [3.8, 4) is 0 Å². The van der Waals surface area contributed by atoms with Crippen LogP contribution in [0.2, 0.25) is 0 Å². The molecule has 0 radical (unpaired) electrons. The van der Waals surface area contributed by atoms with E-state index < -0.39 is 4.92 Å². The molecule has 0 spiro atoms. The van der Waals surface area contributed by atoms with Crippen molar-refractivity contribution in [1.29, 1.82) is 0 Å². The molecule has 2 aromatic rings. The van der Waals surface area contributed by atoms with Gasteiger partial charge in [-0.05, 0) is 29.2 Å². The highest BCUT2D eigenvalue weighted by Crippen LogP contribution is 2.28. The Balaban J connectivity index is 2.22. The Morgan fingerprint density at radius 1 is 1.33 bits per heavy atom. The number of nitro benzene ring substituents is 1. The average molecular weight is 252 g/mol. The zero-order valence-electron chi connectivity index (χ0n) is 9.50. The lowest BCUT2D eigenvalue weighted by Crippen LogP contribution is -2.03. The molecule has 0 unspecified atom stereocenters. The number of aliphatic hydroxyl groups excluding tert-OH is 1. The van der Waals surface area contributed by atoms with Crippen molar-refractivity contribution in [1.82, 2.24) is 10.3 Å². The number of nitrogens with zero attached hydrogens (tertiary/aromatic N) is 3. The first-order valence-electron chi connectivity index (χ1n) is 5.48. The number of hydrogen-bond acceptors (Lipinski definition) is 7. The van der Waals surface area contributed by atoms with E-state index in [1.165, 1.54) is 6.07 Å². The number of nitro groups is 1. The number of hydrogen-bond donors (Lipinski definition) is 2. The maximum atomic E-state index is 10.8. The molecule has 18 heavy (non-hydrogen) atoms. The van der Waals surface area contributed by atoms with Crippen molar-refractivity contribution in [3.05, 3.63) is 22.2 Å². The lowest BCUT2D eigenvalue weighted by molar-refractivity contribution is -0.383. The molecule has 0 aliphatic carbocycles. The summed E-state index contributed by atoms with van der Waals surface area (Å²) in [5, 5.41) is 29.7. The molecule has 0 amide bonds. The largest absolute Gasteiger partial charge is 0.396 e. The summed E-state index contributed by atoms with van der Waals surface area (Å²) in [5.41, 5.74) is 0.974. The second-order valence-electron chi connectivity index (χ2n) is 3.71. The van der Waals surface area contributed by atoms with E-state index >= 15 is 0 Å². The Bertz CT molecular complexity index is 554. The molecule has 1 aromatic carbocycles. The van der Waals surface area contributed by atoms with Crippen LogP contribution in [0.25, 0.3) is 11.0 Å². The van der Waals surface area contributed by atoms with Crippen molar-refractivity contribution in [2.24, 2.45) is 0 Å². The number of non-ortho nitro benzene ring substituents is 1. The first-order chi connectivity index (χ1) is 8.74. The summed E-state index contributed by atoms with van der Waals surface area (Å²) in [6.07, 6.45) is 1.49. The molecule has 8 nitrogen and oxygen atoms in total. The molecular weight excluding hydrogens is 240 g/mol. The number of benzene rings is 1. The van der Waals surface area contributed by atoms with Crippen molar-refractivity contribution in [2.75, 3.05) is 18.5 Å². The summed E-state index contributed by atoms with van der Waals surface area (Å²) in [6.45, 7) is 0.781. The molecule has 2 N–H and O–H groups in total. The standard InChI is InChI=1S/C10H12N4O4/c15-6-2-1-5-11-7-3-4-8(14(16)17)10-9(7)12-18-13-10/h3-4,11,15H,1-2,5-6H2. The summed E-state index contributed by atoms with van der Waals surface area (Å²) in [5.74, 6) is 0. The molecule has 0 atom stereocenters. The van der Waals surface area contributed by atoms with Gasteiger partial charge in [-0.25, -0.2) is 4.63 Å². The van der Waals surface area contributed by atoms with Gasteiger partial charge in [-0.2, -0.15) is 0 Å². The first kappa shape index (κ1) is 12.2. The highest BCUT2D eigenvalue weighted by molar-refractivity contribution is 5.93. The van der Waals surface area contributed by atoms with Crippen LogP contribution in [0.1, 0.15) is 12.8 Å². The van der Waals surface area contributed by atoms with Gasteiger partial charge in [-0.1, -0.05) is 0 Å². The van der Waals surface area contributed by atoms with Crippen LogP contribution < -0.4 is 5.32 Å². The lowest BCUT2D eigenvalue weighted by atomic mass is 10.2. The zero-order chi connectivity index (χ0) is 13.0. The molecule has 1 aromatic heterocycles. The van der Waals surface area contributed by atoms with Gasteiger partial charge in [0.25, 0.3) is 0 Å². The second-order valence-corrected chi connectivity index (χ2v) is 3.71. The number of fused-ring (bicyclic) bond motifs is 1. The maximum Gasteiger partial charge on any atom is 0.300 e. The molecule has 96 valence electrons. The number of aromatic nitrogens is 2. The lowest BCUT2D eigenvalue weighted by Gasteiger charge is -2.05. The fourth-order valence-corrected chi connectivity index (χ4v) is 1.60. The number of aliphatic hydroxyl groups is 1. The molecule has 8 heteroatoms. The van der Waals surface area contributed by atoms with Gasteiger partial charge in [0.05, 0.1) is 10.6 Å². The van der Waals surface area contributed by atoms with E-state index in [1.807, 2.05) is 0 Å². The Morgan fingerprint density at radius 2 is 2.11 bits per heavy atom. The topological polar surface area (TPSA) is 114 Å². The van der Waals surface area contributed by atoms with Crippen LogP contribution in [0.5, 0.6) is 0 Å². The molecule has 0 aliphatic rings. The predicted octanol–water partition coefficient (Wildman–Crippen LogP) is 1.32. The average Bonchev–Trinajstić information content (AvgIpc) is 2.83. The third kappa shape index (κ3) is 2.38. The van der Waals surface area contributed by atoms with Crippen LogP contribution >= 0.6 is 0 Å². The predicted molar refractivity (Wildman–Crippen MR) is 63.3 cm³/mol. The van der Waals surface area contributed by atoms with Crippen LogP contribution in [0.4, 0.5) is 11.4 Å². The van der Waals surface area contributed by atoms with Gasteiger partial charge in [0, 0.05) is 19.2 Å². The zero-order valence-corrected chi connectivity index (χ0v) is 9.50. The summed E-state index contributed by atoms with van der Waals surface area (Å²) < 4.78 is 4.54. The fourth-order valence-electron chi connectivity index (χ4n) is 1.60. The van der Waals surface area contributed by atoms with E-state index in [-0.39, 0.29) is 17.8 Å². The molecule has 1 heterocycles. The fraction of sp³-hybridized carbons (Fsp3) is 0.400. The Morgan fingerprint density at radius 3 is 2.83 bits per heavy atom. The Kier molecular flexibility index (Phi) is 3.68. The highest BCUT2D eigenvalue weighted by Gasteiger charge is 2.19. The first-order valence-corrected chi connectivity index (χ1v) is 5.48. The number of nitrogens with one attached hydrogen (secondary N) is 1. The number of rotatable bonds is 6. The summed E-state index contributed by atoms with van der Waals surface area (Å²) in [6, 6.07) is 2.94. The number of unbranched alkanes of at least 4 members (excludes halogenated alkanes) is 1. The van der Waals surface area contributed by atoms with Crippen molar-refractivity contribution < 1.29 is 14.7 Å². The molecule has 0 aliphatic heterocycles. The van der Waals surface area contributed by atoms with E-state index in [1.54, 1.807) is 6.07 Å². The molecule has 2 rings (SSSR count). The molecule has 0 saturated carbocycles. The minimum absolute atomic E-state index is 0.132. The minimum Gasteiger partial charge on any atom is -0.396 e. The highest BCUT2D eigenvalue weighted by atomic mass is 16.6. The van der Waals surface area contributed by atoms with Crippen molar-refractivity contribution in [2.45, 2.75) is 12.8 Å². The molecule has 0 bridgehead atoms. The van der Waals surface area contributed by atoms with Crippen LogP contribution in [-0.4, -0.2) is 33.5 Å². The normalized spacial score (nSPS) is 10.7. The third-order valence-electron chi connectivity index (χ3n) is 2.49. The van der Waals surface area contributed by atoms with Gasteiger partial charge < -0.3 is 10.4 Å². The van der Waals surface area contributed by atoms with Gasteiger partial charge in [0.15, 0.2) is 5.52 Å². The van der Waals surface area contributed by atoms with Gasteiger partial charge in [-0.3, -0.25) is 10.1 Å². The smallest absolute Gasteiger partial charge is 0.300 e. The van der Waals surface area contributed by atoms with Gasteiger partial charge >= 0.3 is 5.69 Å². The van der Waals surface area contributed by atoms with Crippen LogP contribution in [-0.2, 0) is 0 Å². The van der Waals surface area contributed by atoms with Crippen LogP contribution in [0.3, 0.4) is 0 Å². The van der Waals surface area contributed by atoms with E-state index in [0.29, 0.717) is 24.2 Å². The third-order valence-corrected chi connectivity index (χ3v) is 2.49. The summed E-state index contributed by atoms with van der Waals surface area (Å²) >= 11 is 0. The molecule has 0 saturated heterocycles. The second kappa shape index (κ2) is 5.41. The quantitative estimate of drug-likeness (QED) is 0.452. The molecular formula is C10H12N4O4. The van der Waals surface area contributed by atoms with E-state index in [4.69, 9.17) is 5.11 Å². The van der Waals surface area contributed by atoms with Gasteiger partial charge in [0.1, 0.15) is 0 Å². The van der Waals surface area contributed by atoms with E-state index in [2.05, 4.69) is 20.3 Å². The number of anilines is 1. The SMILES string of the molecule is O=[N+]([O-])c1ccc(NCCCCO)c2nonc12. The molecule has 0 fully saturated rings. The van der Waals surface area contributed by atoms with Crippen molar-refractivity contribution in [3.63, 3.8) is 0 Å². The van der Waals surface area contributed by atoms with E-state index in [9.17, 15) is 10.1 Å². The summed E-state index contributed by atoms with van der Waals surface area (Å²) in [4.78, 5) is 10.2. The van der Waals surface area contributed by atoms with Gasteiger partial charge in [0.2, 0.25) is 5.52 Å². The summed E-state index contributed by atoms with van der Waals surface area (Å²) in [7, 11) is 0. The van der Waals surface area contributed by atoms with Gasteiger partial charge in [-0.15, -0.1) is 0 Å². The monoisotopic (exact) mass is 252 g/mol. The van der Waals surface area contributed by atoms with Crippen molar-refractivity contribution >= 4 is 22.4 Å².